The van der Waals surface area contributed by atoms with Crippen molar-refractivity contribution in [2.45, 2.75) is 19.3 Å². The summed E-state index contributed by atoms with van der Waals surface area (Å²) in [5.74, 6) is 1.75. The SMILES string of the molecule is COc1ccc(Cc2nnc(CCC(=O)N3CCN(C)CC3)c(=O)[nH]2)cc1OC. The molecule has 29 heavy (non-hydrogen) atoms. The number of nitrogens with zero attached hydrogens (tertiary/aromatic N) is 4. The predicted octanol–water partition coefficient (Wildman–Crippen LogP) is 0.480. The van der Waals surface area contributed by atoms with Crippen LogP contribution in [0.25, 0.3) is 0 Å². The number of ether oxygens (including phenoxy) is 2. The van der Waals surface area contributed by atoms with E-state index < -0.39 is 0 Å². The number of hydrogen-bond acceptors (Lipinski definition) is 7. The molecular formula is C20H27N5O4. The topological polar surface area (TPSA) is 101 Å². The van der Waals surface area contributed by atoms with Crippen molar-refractivity contribution in [3.63, 3.8) is 0 Å². The number of hydrogen-bond donors (Lipinski definition) is 1. The Kier molecular flexibility index (Phi) is 6.82. The summed E-state index contributed by atoms with van der Waals surface area (Å²) in [6.07, 6.45) is 0.948. The Morgan fingerprint density at radius 3 is 2.48 bits per heavy atom. The third-order valence-electron chi connectivity index (χ3n) is 5.06. The number of benzene rings is 1. The number of carbonyl (C=O) groups is 1. The number of aryl methyl sites for hydroxylation is 1. The molecule has 9 heteroatoms. The minimum atomic E-state index is -0.304. The van der Waals surface area contributed by atoms with Crippen molar-refractivity contribution >= 4 is 5.91 Å². The van der Waals surface area contributed by atoms with Crippen LogP contribution in [0.15, 0.2) is 23.0 Å². The lowest BCUT2D eigenvalue weighted by Crippen LogP contribution is -2.47. The Bertz CT molecular complexity index is 906. The number of aromatic amines is 1. The molecule has 1 aromatic heterocycles. The van der Waals surface area contributed by atoms with Gasteiger partial charge in [-0.3, -0.25) is 9.59 Å². The number of carbonyl (C=O) groups excluding carboxylic acids is 1. The Hall–Kier alpha value is -2.94. The van der Waals surface area contributed by atoms with Gasteiger partial charge < -0.3 is 24.3 Å². The summed E-state index contributed by atoms with van der Waals surface area (Å²) in [6.45, 7) is 3.19. The van der Waals surface area contributed by atoms with E-state index in [-0.39, 0.29) is 30.0 Å². The first-order valence-corrected chi connectivity index (χ1v) is 9.62. The van der Waals surface area contributed by atoms with Crippen molar-refractivity contribution in [3.05, 3.63) is 45.6 Å². The summed E-state index contributed by atoms with van der Waals surface area (Å²) >= 11 is 0. The summed E-state index contributed by atoms with van der Waals surface area (Å²) in [5.41, 5.74) is 0.885. The molecule has 156 valence electrons. The third-order valence-corrected chi connectivity index (χ3v) is 5.06. The average molecular weight is 401 g/mol. The monoisotopic (exact) mass is 401 g/mol. The van der Waals surface area contributed by atoms with Gasteiger partial charge in [0.15, 0.2) is 11.5 Å². The van der Waals surface area contributed by atoms with E-state index in [2.05, 4.69) is 20.1 Å². The van der Waals surface area contributed by atoms with E-state index >= 15 is 0 Å². The standard InChI is InChI=1S/C20H27N5O4/c1-24-8-10-25(11-9-24)19(26)7-5-15-20(27)21-18(23-22-15)13-14-4-6-16(28-2)17(12-14)29-3/h4,6,12H,5,7-11,13H2,1-3H3,(H,21,23,27). The molecule has 1 aliphatic heterocycles. The van der Waals surface area contributed by atoms with Crippen LogP contribution in [0, 0.1) is 0 Å². The van der Waals surface area contributed by atoms with Gasteiger partial charge in [-0.05, 0) is 24.7 Å². The summed E-state index contributed by atoms with van der Waals surface area (Å²) in [5, 5.41) is 8.18. The van der Waals surface area contributed by atoms with Crippen LogP contribution in [-0.4, -0.2) is 78.3 Å². The molecule has 3 rings (SSSR count). The number of methoxy groups -OCH3 is 2. The van der Waals surface area contributed by atoms with E-state index in [0.29, 0.717) is 23.7 Å². The molecule has 1 fully saturated rings. The summed E-state index contributed by atoms with van der Waals surface area (Å²) in [4.78, 5) is 31.5. The van der Waals surface area contributed by atoms with Crippen molar-refractivity contribution < 1.29 is 14.3 Å². The zero-order valence-electron chi connectivity index (χ0n) is 17.1. The number of amides is 1. The molecule has 0 saturated carbocycles. The Morgan fingerprint density at radius 1 is 1.10 bits per heavy atom. The lowest BCUT2D eigenvalue weighted by molar-refractivity contribution is -0.132. The van der Waals surface area contributed by atoms with Crippen LogP contribution < -0.4 is 15.0 Å². The summed E-state index contributed by atoms with van der Waals surface area (Å²) in [6, 6.07) is 5.52. The molecule has 9 nitrogen and oxygen atoms in total. The lowest BCUT2D eigenvalue weighted by Gasteiger charge is -2.32. The highest BCUT2D eigenvalue weighted by atomic mass is 16.5. The van der Waals surface area contributed by atoms with Gasteiger partial charge in [0.05, 0.1) is 14.2 Å². The van der Waals surface area contributed by atoms with Crippen LogP contribution in [0.3, 0.4) is 0 Å². The molecule has 1 amide bonds. The zero-order chi connectivity index (χ0) is 20.8. The summed E-state index contributed by atoms with van der Waals surface area (Å²) in [7, 11) is 5.19. The first-order chi connectivity index (χ1) is 14.0. The number of nitrogens with one attached hydrogen (secondary N) is 1. The third kappa shape index (κ3) is 5.32. The number of rotatable bonds is 7. The number of likely N-dealkylation sites (N-methyl/N-ethyl adjacent to an activating group) is 1. The first kappa shape index (κ1) is 20.8. The van der Waals surface area contributed by atoms with E-state index in [1.54, 1.807) is 20.3 Å². The lowest BCUT2D eigenvalue weighted by atomic mass is 10.1. The number of H-pyrrole nitrogens is 1. The molecule has 0 atom stereocenters. The molecule has 0 aliphatic carbocycles. The number of aromatic nitrogens is 3. The molecule has 1 N–H and O–H groups in total. The molecule has 1 aromatic carbocycles. The molecule has 0 radical (unpaired) electrons. The normalized spacial score (nSPS) is 14.7. The highest BCUT2D eigenvalue weighted by Crippen LogP contribution is 2.28. The van der Waals surface area contributed by atoms with Gasteiger partial charge in [0.1, 0.15) is 11.5 Å². The van der Waals surface area contributed by atoms with Gasteiger partial charge in [-0.2, -0.15) is 0 Å². The Balaban J connectivity index is 1.60. The van der Waals surface area contributed by atoms with Crippen LogP contribution in [-0.2, 0) is 17.6 Å². The van der Waals surface area contributed by atoms with Crippen LogP contribution >= 0.6 is 0 Å². The van der Waals surface area contributed by atoms with Crippen LogP contribution in [0.4, 0.5) is 0 Å². The van der Waals surface area contributed by atoms with Gasteiger partial charge in [-0.1, -0.05) is 6.07 Å². The quantitative estimate of drug-likeness (QED) is 0.720. The maximum atomic E-state index is 12.4. The first-order valence-electron chi connectivity index (χ1n) is 9.62. The predicted molar refractivity (Wildman–Crippen MR) is 107 cm³/mol. The van der Waals surface area contributed by atoms with E-state index in [0.717, 1.165) is 31.7 Å². The fraction of sp³-hybridized carbons (Fsp3) is 0.500. The highest BCUT2D eigenvalue weighted by Gasteiger charge is 2.19. The van der Waals surface area contributed by atoms with Crippen LogP contribution in [0.5, 0.6) is 11.5 Å². The van der Waals surface area contributed by atoms with Gasteiger partial charge in [-0.25, -0.2) is 0 Å². The zero-order valence-corrected chi connectivity index (χ0v) is 17.1. The van der Waals surface area contributed by atoms with Crippen molar-refractivity contribution in [3.8, 4) is 11.5 Å². The van der Waals surface area contributed by atoms with Crippen molar-refractivity contribution in [2.75, 3.05) is 47.4 Å². The average Bonchev–Trinajstić information content (AvgIpc) is 2.73. The fourth-order valence-corrected chi connectivity index (χ4v) is 3.26. The van der Waals surface area contributed by atoms with E-state index in [4.69, 9.17) is 9.47 Å². The van der Waals surface area contributed by atoms with Gasteiger partial charge in [0.2, 0.25) is 5.91 Å². The van der Waals surface area contributed by atoms with Crippen molar-refractivity contribution in [2.24, 2.45) is 0 Å². The smallest absolute Gasteiger partial charge is 0.272 e. The molecule has 0 bridgehead atoms. The fourth-order valence-electron chi connectivity index (χ4n) is 3.26. The Morgan fingerprint density at radius 2 is 1.83 bits per heavy atom. The van der Waals surface area contributed by atoms with Gasteiger partial charge in [0, 0.05) is 45.4 Å². The molecule has 0 unspecified atom stereocenters. The maximum Gasteiger partial charge on any atom is 0.272 e. The largest absolute Gasteiger partial charge is 0.493 e. The molecule has 0 spiro atoms. The van der Waals surface area contributed by atoms with Crippen LogP contribution in [0.2, 0.25) is 0 Å². The second kappa shape index (κ2) is 9.51. The van der Waals surface area contributed by atoms with Crippen molar-refractivity contribution in [1.29, 1.82) is 0 Å². The van der Waals surface area contributed by atoms with Crippen molar-refractivity contribution in [1.82, 2.24) is 25.0 Å². The number of piperazine rings is 1. The Labute approximate surface area is 169 Å². The summed E-state index contributed by atoms with van der Waals surface area (Å²) < 4.78 is 10.5. The van der Waals surface area contributed by atoms with Gasteiger partial charge >= 0.3 is 0 Å². The second-order valence-electron chi connectivity index (χ2n) is 7.10. The van der Waals surface area contributed by atoms with Crippen LogP contribution in [0.1, 0.15) is 23.5 Å². The molecule has 1 saturated heterocycles. The van der Waals surface area contributed by atoms with Gasteiger partial charge in [0.25, 0.3) is 5.56 Å². The molecular weight excluding hydrogens is 374 g/mol. The van der Waals surface area contributed by atoms with E-state index in [1.807, 2.05) is 24.1 Å². The minimum Gasteiger partial charge on any atom is -0.493 e. The van der Waals surface area contributed by atoms with E-state index in [9.17, 15) is 9.59 Å². The molecule has 2 aromatic rings. The highest BCUT2D eigenvalue weighted by molar-refractivity contribution is 5.76. The maximum absolute atomic E-state index is 12.4. The molecule has 1 aliphatic rings. The van der Waals surface area contributed by atoms with E-state index in [1.165, 1.54) is 0 Å². The minimum absolute atomic E-state index is 0.0497. The molecule has 2 heterocycles. The van der Waals surface area contributed by atoms with Gasteiger partial charge in [-0.15, -0.1) is 10.2 Å². The second-order valence-corrected chi connectivity index (χ2v) is 7.10.